The van der Waals surface area contributed by atoms with Gasteiger partial charge in [-0.1, -0.05) is 13.8 Å². The van der Waals surface area contributed by atoms with Crippen LogP contribution < -0.4 is 5.73 Å². The molecule has 0 bridgehead atoms. The van der Waals surface area contributed by atoms with E-state index in [4.69, 9.17) is 5.73 Å². The molecule has 1 aromatic carbocycles. The Hall–Kier alpha value is -2.50. The van der Waals surface area contributed by atoms with Gasteiger partial charge in [-0.15, -0.1) is 0 Å². The van der Waals surface area contributed by atoms with Crippen LogP contribution in [0.1, 0.15) is 48.7 Å². The van der Waals surface area contributed by atoms with E-state index < -0.39 is 5.91 Å². The van der Waals surface area contributed by atoms with Crippen LogP contribution in [0.15, 0.2) is 24.3 Å². The summed E-state index contributed by atoms with van der Waals surface area (Å²) in [6.45, 7) is 5.00. The Kier molecular flexibility index (Phi) is 4.70. The summed E-state index contributed by atoms with van der Waals surface area (Å²) in [6.07, 6.45) is 1.69. The summed E-state index contributed by atoms with van der Waals surface area (Å²) in [6, 6.07) is 5.89. The number of benzene rings is 1. The SMILES string of the molecule is CC(C)C(=O)N1CCCC(c2nc3ccc(F)cc3cc2C(N)=O)C1. The maximum Gasteiger partial charge on any atom is 0.250 e. The molecule has 1 saturated heterocycles. The Morgan fingerprint density at radius 1 is 1.32 bits per heavy atom. The van der Waals surface area contributed by atoms with Gasteiger partial charge in [0.1, 0.15) is 5.82 Å². The van der Waals surface area contributed by atoms with Gasteiger partial charge < -0.3 is 10.6 Å². The topological polar surface area (TPSA) is 76.3 Å². The number of hydrogen-bond donors (Lipinski definition) is 1. The second-order valence-corrected chi connectivity index (χ2v) is 6.90. The zero-order valence-corrected chi connectivity index (χ0v) is 14.5. The third kappa shape index (κ3) is 3.48. The Bertz CT molecular complexity index is 835. The minimum absolute atomic E-state index is 0.0478. The number of rotatable bonds is 3. The molecule has 5 nitrogen and oxygen atoms in total. The number of pyridine rings is 1. The van der Waals surface area contributed by atoms with Gasteiger partial charge in [0.15, 0.2) is 0 Å². The van der Waals surface area contributed by atoms with E-state index in [2.05, 4.69) is 4.98 Å². The van der Waals surface area contributed by atoms with Crippen molar-refractivity contribution in [1.29, 1.82) is 0 Å². The maximum atomic E-state index is 13.5. The van der Waals surface area contributed by atoms with E-state index in [1.165, 1.54) is 12.1 Å². The number of hydrogen-bond acceptors (Lipinski definition) is 3. The van der Waals surface area contributed by atoms with Crippen molar-refractivity contribution in [2.24, 2.45) is 11.7 Å². The first kappa shape index (κ1) is 17.3. The molecular formula is C19H22FN3O2. The molecule has 132 valence electrons. The molecule has 1 fully saturated rings. The minimum atomic E-state index is -0.582. The van der Waals surface area contributed by atoms with Crippen LogP contribution in [0.4, 0.5) is 4.39 Å². The van der Waals surface area contributed by atoms with Gasteiger partial charge in [-0.05, 0) is 37.1 Å². The van der Waals surface area contributed by atoms with Gasteiger partial charge in [0.2, 0.25) is 5.91 Å². The highest BCUT2D eigenvalue weighted by molar-refractivity contribution is 5.97. The van der Waals surface area contributed by atoms with Gasteiger partial charge >= 0.3 is 0 Å². The number of nitrogens with zero attached hydrogens (tertiary/aromatic N) is 2. The van der Waals surface area contributed by atoms with E-state index in [1.807, 2.05) is 18.7 Å². The van der Waals surface area contributed by atoms with Crippen molar-refractivity contribution in [2.45, 2.75) is 32.6 Å². The molecule has 0 radical (unpaired) electrons. The summed E-state index contributed by atoms with van der Waals surface area (Å²) in [5.41, 5.74) is 7.07. The van der Waals surface area contributed by atoms with Crippen LogP contribution in [0.2, 0.25) is 0 Å². The van der Waals surface area contributed by atoms with E-state index in [-0.39, 0.29) is 23.6 Å². The van der Waals surface area contributed by atoms with Crippen LogP contribution in [-0.2, 0) is 4.79 Å². The summed E-state index contributed by atoms with van der Waals surface area (Å²) >= 11 is 0. The molecule has 0 spiro atoms. The van der Waals surface area contributed by atoms with Crippen molar-refractivity contribution < 1.29 is 14.0 Å². The fraction of sp³-hybridized carbons (Fsp3) is 0.421. The van der Waals surface area contributed by atoms with Gasteiger partial charge in [0.25, 0.3) is 5.91 Å². The second kappa shape index (κ2) is 6.78. The van der Waals surface area contributed by atoms with Crippen LogP contribution >= 0.6 is 0 Å². The lowest BCUT2D eigenvalue weighted by Gasteiger charge is -2.34. The average Bonchev–Trinajstić information content (AvgIpc) is 2.59. The van der Waals surface area contributed by atoms with Gasteiger partial charge in [0.05, 0.1) is 16.8 Å². The van der Waals surface area contributed by atoms with Crippen LogP contribution in [0, 0.1) is 11.7 Å². The van der Waals surface area contributed by atoms with E-state index in [0.29, 0.717) is 28.7 Å². The Labute approximate surface area is 146 Å². The van der Waals surface area contributed by atoms with Gasteiger partial charge in [-0.3, -0.25) is 14.6 Å². The average molecular weight is 343 g/mol. The number of piperidine rings is 1. The van der Waals surface area contributed by atoms with Crippen molar-refractivity contribution in [2.75, 3.05) is 13.1 Å². The molecular weight excluding hydrogens is 321 g/mol. The summed E-state index contributed by atoms with van der Waals surface area (Å²) in [5.74, 6) is -0.978. The van der Waals surface area contributed by atoms with E-state index in [9.17, 15) is 14.0 Å². The lowest BCUT2D eigenvalue weighted by Crippen LogP contribution is -2.41. The predicted molar refractivity (Wildman–Crippen MR) is 93.6 cm³/mol. The van der Waals surface area contributed by atoms with Crippen LogP contribution in [0.5, 0.6) is 0 Å². The van der Waals surface area contributed by atoms with E-state index in [1.54, 1.807) is 12.1 Å². The number of fused-ring (bicyclic) bond motifs is 1. The standard InChI is InChI=1S/C19H22FN3O2/c1-11(2)19(25)23-7-3-4-12(10-23)17-15(18(21)24)9-13-8-14(20)5-6-16(13)22-17/h5-6,8-9,11-12H,3-4,7,10H2,1-2H3,(H2,21,24). The van der Waals surface area contributed by atoms with Crippen molar-refractivity contribution in [1.82, 2.24) is 9.88 Å². The number of likely N-dealkylation sites (tertiary alicyclic amines) is 1. The lowest BCUT2D eigenvalue weighted by atomic mass is 9.90. The summed E-state index contributed by atoms with van der Waals surface area (Å²) in [7, 11) is 0. The molecule has 1 aliphatic heterocycles. The number of nitrogens with two attached hydrogens (primary N) is 1. The largest absolute Gasteiger partial charge is 0.366 e. The molecule has 0 aliphatic carbocycles. The van der Waals surface area contributed by atoms with Gasteiger partial charge in [-0.2, -0.15) is 0 Å². The number of aromatic nitrogens is 1. The Morgan fingerprint density at radius 2 is 2.08 bits per heavy atom. The summed E-state index contributed by atoms with van der Waals surface area (Å²) in [5, 5.41) is 0.545. The molecule has 2 aromatic rings. The van der Waals surface area contributed by atoms with Gasteiger partial charge in [-0.25, -0.2) is 4.39 Å². The Morgan fingerprint density at radius 3 is 2.76 bits per heavy atom. The highest BCUT2D eigenvalue weighted by Gasteiger charge is 2.29. The summed E-state index contributed by atoms with van der Waals surface area (Å²) in [4.78, 5) is 30.7. The fourth-order valence-corrected chi connectivity index (χ4v) is 3.44. The van der Waals surface area contributed by atoms with Crippen molar-refractivity contribution in [3.05, 3.63) is 41.3 Å². The van der Waals surface area contributed by atoms with Crippen LogP contribution in [0.25, 0.3) is 10.9 Å². The number of carbonyl (C=O) groups is 2. The van der Waals surface area contributed by atoms with Crippen molar-refractivity contribution in [3.63, 3.8) is 0 Å². The minimum Gasteiger partial charge on any atom is -0.366 e. The molecule has 1 unspecified atom stereocenters. The zero-order valence-electron chi connectivity index (χ0n) is 14.5. The van der Waals surface area contributed by atoms with Gasteiger partial charge in [0, 0.05) is 30.3 Å². The first-order valence-corrected chi connectivity index (χ1v) is 8.55. The zero-order chi connectivity index (χ0) is 18.1. The third-order valence-corrected chi connectivity index (χ3v) is 4.69. The Balaban J connectivity index is 2.01. The highest BCUT2D eigenvalue weighted by atomic mass is 19.1. The first-order valence-electron chi connectivity index (χ1n) is 8.55. The third-order valence-electron chi connectivity index (χ3n) is 4.69. The molecule has 0 saturated carbocycles. The number of primary amides is 1. The molecule has 2 heterocycles. The molecule has 1 atom stereocenters. The van der Waals surface area contributed by atoms with Crippen molar-refractivity contribution >= 4 is 22.7 Å². The van der Waals surface area contributed by atoms with Crippen molar-refractivity contribution in [3.8, 4) is 0 Å². The molecule has 3 rings (SSSR count). The number of amides is 2. The molecule has 2 amide bonds. The smallest absolute Gasteiger partial charge is 0.250 e. The normalized spacial score (nSPS) is 17.9. The fourth-order valence-electron chi connectivity index (χ4n) is 3.44. The quantitative estimate of drug-likeness (QED) is 0.931. The van der Waals surface area contributed by atoms with E-state index in [0.717, 1.165) is 19.4 Å². The molecule has 2 N–H and O–H groups in total. The molecule has 1 aliphatic rings. The summed E-state index contributed by atoms with van der Waals surface area (Å²) < 4.78 is 13.5. The first-order chi connectivity index (χ1) is 11.9. The number of carbonyl (C=O) groups excluding carboxylic acids is 2. The number of halogens is 1. The molecule has 25 heavy (non-hydrogen) atoms. The molecule has 1 aromatic heterocycles. The second-order valence-electron chi connectivity index (χ2n) is 6.90. The van der Waals surface area contributed by atoms with E-state index >= 15 is 0 Å². The lowest BCUT2D eigenvalue weighted by molar-refractivity contribution is -0.135. The molecule has 6 heteroatoms. The predicted octanol–water partition coefficient (Wildman–Crippen LogP) is 2.83. The monoisotopic (exact) mass is 343 g/mol. The van der Waals surface area contributed by atoms with Crippen LogP contribution in [0.3, 0.4) is 0 Å². The van der Waals surface area contributed by atoms with Crippen LogP contribution in [-0.4, -0.2) is 34.8 Å². The maximum absolute atomic E-state index is 13.5. The highest BCUT2D eigenvalue weighted by Crippen LogP contribution is 2.30.